The molecule has 1 rings (SSSR count). The molecule has 0 aromatic rings. The summed E-state index contributed by atoms with van der Waals surface area (Å²) in [5.41, 5.74) is 0. The van der Waals surface area contributed by atoms with E-state index in [2.05, 4.69) is 0 Å². The van der Waals surface area contributed by atoms with Gasteiger partial charge in [0.2, 0.25) is 0 Å². The molecule has 56 valence electrons. The number of carbonyl (C=O) groups is 1. The fourth-order valence-corrected chi connectivity index (χ4v) is 1.68. The molecule has 0 saturated carbocycles. The molecule has 1 saturated heterocycles. The number of carbonyl (C=O) groups excluding carboxylic acids is 1. The Bertz CT molecular complexity index is 123. The summed E-state index contributed by atoms with van der Waals surface area (Å²) < 4.78 is 5.85. The third kappa shape index (κ3) is 2.12. The SMILES string of the molecule is O=C([CH2][SnH])N1CCOCC1. The molecule has 0 aliphatic carbocycles. The quantitative estimate of drug-likeness (QED) is 0.566. The molecule has 1 aliphatic rings. The van der Waals surface area contributed by atoms with E-state index in [0.29, 0.717) is 19.1 Å². The summed E-state index contributed by atoms with van der Waals surface area (Å²) in [4.78, 5) is 13.0. The van der Waals surface area contributed by atoms with E-state index < -0.39 is 0 Å². The van der Waals surface area contributed by atoms with Crippen LogP contribution < -0.4 is 0 Å². The maximum absolute atomic E-state index is 11.1. The van der Waals surface area contributed by atoms with Gasteiger partial charge in [0, 0.05) is 0 Å². The number of rotatable bonds is 1. The van der Waals surface area contributed by atoms with Crippen LogP contribution in [0.15, 0.2) is 0 Å². The van der Waals surface area contributed by atoms with Crippen LogP contribution in [0.5, 0.6) is 0 Å². The minimum atomic E-state index is 0.297. The monoisotopic (exact) mass is 249 g/mol. The van der Waals surface area contributed by atoms with Crippen molar-refractivity contribution in [3.8, 4) is 0 Å². The summed E-state index contributed by atoms with van der Waals surface area (Å²) in [6.45, 7) is 3.01. The molecule has 1 fully saturated rings. The maximum atomic E-state index is 11.1. The molecule has 0 unspecified atom stereocenters. The number of nitrogens with zero attached hydrogens (tertiary/aromatic N) is 1. The zero-order valence-electron chi connectivity index (χ0n) is 5.88. The Morgan fingerprint density at radius 2 is 2.10 bits per heavy atom. The van der Waals surface area contributed by atoms with Crippen molar-refractivity contribution in [1.82, 2.24) is 4.90 Å². The van der Waals surface area contributed by atoms with Crippen LogP contribution in [0.1, 0.15) is 0 Å². The van der Waals surface area contributed by atoms with Gasteiger partial charge in [-0.3, -0.25) is 0 Å². The van der Waals surface area contributed by atoms with Crippen molar-refractivity contribution in [2.45, 2.75) is 4.44 Å². The van der Waals surface area contributed by atoms with Gasteiger partial charge in [0.25, 0.3) is 0 Å². The number of hydrogen-bond donors (Lipinski definition) is 0. The molecule has 1 amide bonds. The molecule has 0 atom stereocenters. The Labute approximate surface area is 73.8 Å². The third-order valence-corrected chi connectivity index (χ3v) is 2.54. The fraction of sp³-hybridized carbons (Fsp3) is 0.833. The van der Waals surface area contributed by atoms with Crippen LogP contribution in [0, 0.1) is 0 Å². The van der Waals surface area contributed by atoms with Gasteiger partial charge in [-0.1, -0.05) is 0 Å². The van der Waals surface area contributed by atoms with E-state index in [4.69, 9.17) is 4.74 Å². The van der Waals surface area contributed by atoms with Gasteiger partial charge in [-0.15, -0.1) is 0 Å². The van der Waals surface area contributed by atoms with Crippen molar-refractivity contribution in [2.24, 2.45) is 0 Å². The molecule has 4 heteroatoms. The van der Waals surface area contributed by atoms with Crippen LogP contribution in [0.3, 0.4) is 0 Å². The summed E-state index contributed by atoms with van der Waals surface area (Å²) >= 11 is 1.03. The molecular formula is C6H11NO2Sn. The molecule has 0 N–H and O–H groups in total. The second-order valence-corrected chi connectivity index (χ2v) is 3.36. The average molecular weight is 248 g/mol. The Morgan fingerprint density at radius 1 is 1.50 bits per heavy atom. The van der Waals surface area contributed by atoms with Crippen LogP contribution in [0.4, 0.5) is 0 Å². The molecule has 3 nitrogen and oxygen atoms in total. The Balaban J connectivity index is 2.31. The first-order valence-corrected chi connectivity index (χ1v) is 5.73. The topological polar surface area (TPSA) is 29.5 Å². The number of hydrogen-bond acceptors (Lipinski definition) is 2. The zero-order chi connectivity index (χ0) is 7.40. The summed E-state index contributed by atoms with van der Waals surface area (Å²) in [5.74, 6) is 0.297. The Kier molecular flexibility index (Phi) is 3.48. The first-order chi connectivity index (χ1) is 4.84. The summed E-state index contributed by atoms with van der Waals surface area (Å²) in [6, 6.07) is 0. The van der Waals surface area contributed by atoms with Gasteiger partial charge < -0.3 is 0 Å². The van der Waals surface area contributed by atoms with Gasteiger partial charge >= 0.3 is 73.6 Å². The van der Waals surface area contributed by atoms with Gasteiger partial charge in [-0.25, -0.2) is 0 Å². The predicted molar refractivity (Wildman–Crippen MR) is 39.4 cm³/mol. The molecule has 1 aliphatic heterocycles. The number of ether oxygens (including phenoxy) is 1. The van der Waals surface area contributed by atoms with Crippen LogP contribution in [-0.4, -0.2) is 59.6 Å². The number of amides is 1. The Morgan fingerprint density at radius 3 is 2.60 bits per heavy atom. The van der Waals surface area contributed by atoms with Crippen molar-refractivity contribution >= 4 is 28.4 Å². The van der Waals surface area contributed by atoms with Crippen molar-refractivity contribution < 1.29 is 9.53 Å². The molecule has 0 bridgehead atoms. The average Bonchev–Trinajstić information content (AvgIpc) is 2.05. The molecule has 2 radical (unpaired) electrons. The summed E-state index contributed by atoms with van der Waals surface area (Å²) in [6.07, 6.45) is 0. The van der Waals surface area contributed by atoms with E-state index >= 15 is 0 Å². The van der Waals surface area contributed by atoms with E-state index in [1.165, 1.54) is 0 Å². The van der Waals surface area contributed by atoms with Crippen molar-refractivity contribution in [3.05, 3.63) is 0 Å². The second kappa shape index (κ2) is 4.18. The van der Waals surface area contributed by atoms with Crippen LogP contribution >= 0.6 is 0 Å². The second-order valence-electron chi connectivity index (χ2n) is 2.20. The standard InChI is InChI=1S/C6H10NO2.Sn.H/c1-6(8)7-2-4-9-5-3-7;;/h1-5H2;;. The van der Waals surface area contributed by atoms with E-state index in [-0.39, 0.29) is 0 Å². The first-order valence-electron chi connectivity index (χ1n) is 3.40. The third-order valence-electron chi connectivity index (χ3n) is 1.54. The molecule has 0 spiro atoms. The van der Waals surface area contributed by atoms with E-state index in [9.17, 15) is 4.79 Å². The fourth-order valence-electron chi connectivity index (χ4n) is 0.942. The first kappa shape index (κ1) is 8.33. The number of morpholine rings is 1. The van der Waals surface area contributed by atoms with Gasteiger partial charge in [0.05, 0.1) is 0 Å². The van der Waals surface area contributed by atoms with Gasteiger partial charge in [0.1, 0.15) is 0 Å². The van der Waals surface area contributed by atoms with E-state index in [1.54, 1.807) is 0 Å². The molecule has 10 heavy (non-hydrogen) atoms. The summed E-state index contributed by atoms with van der Waals surface area (Å²) in [5, 5.41) is 0. The van der Waals surface area contributed by atoms with Crippen molar-refractivity contribution in [1.29, 1.82) is 0 Å². The van der Waals surface area contributed by atoms with Gasteiger partial charge in [0.15, 0.2) is 0 Å². The zero-order valence-corrected chi connectivity index (χ0v) is 9.17. The van der Waals surface area contributed by atoms with Crippen LogP contribution in [0.2, 0.25) is 4.44 Å². The summed E-state index contributed by atoms with van der Waals surface area (Å²) in [7, 11) is 0. The van der Waals surface area contributed by atoms with Crippen molar-refractivity contribution in [3.63, 3.8) is 0 Å². The van der Waals surface area contributed by atoms with Crippen molar-refractivity contribution in [2.75, 3.05) is 26.3 Å². The molecule has 1 heterocycles. The van der Waals surface area contributed by atoms with Crippen LogP contribution in [0.25, 0.3) is 0 Å². The predicted octanol–water partition coefficient (Wildman–Crippen LogP) is -0.836. The van der Waals surface area contributed by atoms with Gasteiger partial charge in [-0.2, -0.15) is 0 Å². The normalized spacial score (nSPS) is 19.1. The molecular weight excluding hydrogens is 237 g/mol. The van der Waals surface area contributed by atoms with Gasteiger partial charge in [-0.05, 0) is 0 Å². The molecule has 0 aromatic carbocycles. The minimum absolute atomic E-state index is 0.297. The van der Waals surface area contributed by atoms with E-state index in [0.717, 1.165) is 40.1 Å². The van der Waals surface area contributed by atoms with E-state index in [1.807, 2.05) is 4.90 Å². The Hall–Kier alpha value is 0.229. The molecule has 0 aromatic heterocycles. The van der Waals surface area contributed by atoms with Crippen LogP contribution in [-0.2, 0) is 9.53 Å².